The molecule has 0 spiro atoms. The van der Waals surface area contributed by atoms with E-state index in [0.29, 0.717) is 24.7 Å². The Labute approximate surface area is 127 Å². The highest BCUT2D eigenvalue weighted by Crippen LogP contribution is 2.61. The molecule has 5 fully saturated rings. The van der Waals surface area contributed by atoms with Crippen LogP contribution < -0.4 is 5.32 Å². The van der Waals surface area contributed by atoms with Crippen molar-refractivity contribution in [3.05, 3.63) is 0 Å². The van der Waals surface area contributed by atoms with E-state index in [9.17, 15) is 4.79 Å². The summed E-state index contributed by atoms with van der Waals surface area (Å²) < 4.78 is 5.33. The summed E-state index contributed by atoms with van der Waals surface area (Å²) in [6.45, 7) is 5.09. The van der Waals surface area contributed by atoms with E-state index in [1.54, 1.807) is 0 Å². The van der Waals surface area contributed by atoms with Crippen molar-refractivity contribution in [2.45, 2.75) is 51.5 Å². The topological polar surface area (TPSA) is 41.6 Å². The normalized spacial score (nSPS) is 42.9. The number of morpholine rings is 1. The zero-order valence-electron chi connectivity index (χ0n) is 13.1. The van der Waals surface area contributed by atoms with Gasteiger partial charge in [0.15, 0.2) is 0 Å². The Morgan fingerprint density at radius 3 is 2.14 bits per heavy atom. The molecule has 0 aromatic heterocycles. The Kier molecular flexibility index (Phi) is 3.40. The van der Waals surface area contributed by atoms with Crippen LogP contribution in [0.4, 0.5) is 4.79 Å². The minimum absolute atomic E-state index is 0.126. The van der Waals surface area contributed by atoms with Crippen molar-refractivity contribution in [3.8, 4) is 0 Å². The monoisotopic (exact) mass is 292 g/mol. The van der Waals surface area contributed by atoms with Gasteiger partial charge in [-0.2, -0.15) is 0 Å². The zero-order valence-corrected chi connectivity index (χ0v) is 13.1. The van der Waals surface area contributed by atoms with Crippen LogP contribution in [0.2, 0.25) is 0 Å². The highest BCUT2D eigenvalue weighted by Gasteiger charge is 2.53. The second-order valence-corrected chi connectivity index (χ2v) is 8.05. The lowest BCUT2D eigenvalue weighted by atomic mass is 9.48. The smallest absolute Gasteiger partial charge is 0.317 e. The third-order valence-electron chi connectivity index (χ3n) is 6.64. The molecular formula is C17H28N2O2. The molecule has 4 bridgehead atoms. The maximum absolute atomic E-state index is 12.5. The first-order chi connectivity index (χ1) is 10.1. The number of urea groups is 1. The summed E-state index contributed by atoms with van der Waals surface area (Å²) in [6.07, 6.45) is 8.44. The molecule has 5 rings (SSSR count). The first kappa shape index (κ1) is 13.9. The van der Waals surface area contributed by atoms with Crippen molar-refractivity contribution < 1.29 is 9.53 Å². The second-order valence-electron chi connectivity index (χ2n) is 8.05. The summed E-state index contributed by atoms with van der Waals surface area (Å²) in [5.41, 5.74) is 0.400. The fourth-order valence-corrected chi connectivity index (χ4v) is 5.90. The summed E-state index contributed by atoms with van der Waals surface area (Å²) in [6, 6.07) is 0.447. The van der Waals surface area contributed by atoms with Gasteiger partial charge in [-0.05, 0) is 68.6 Å². The second kappa shape index (κ2) is 5.15. The average Bonchev–Trinajstić information content (AvgIpc) is 2.46. The minimum Gasteiger partial charge on any atom is -0.378 e. The highest BCUT2D eigenvalue weighted by molar-refractivity contribution is 5.74. The van der Waals surface area contributed by atoms with Crippen LogP contribution in [-0.4, -0.2) is 43.3 Å². The van der Waals surface area contributed by atoms with E-state index in [1.807, 2.05) is 4.90 Å². The molecule has 0 radical (unpaired) electrons. The standard InChI is InChI=1S/C17H28N2O2/c1-12(18-16(20)19-2-4-21-5-3-19)17-9-13-6-14(10-17)8-15(7-13)11-17/h12-15H,2-11H2,1H3,(H,18,20). The molecule has 1 N–H and O–H groups in total. The lowest BCUT2D eigenvalue weighted by Gasteiger charge is -2.59. The van der Waals surface area contributed by atoms with E-state index in [-0.39, 0.29) is 6.03 Å². The van der Waals surface area contributed by atoms with Crippen LogP contribution in [0.25, 0.3) is 0 Å². The number of hydrogen-bond donors (Lipinski definition) is 1. The summed E-state index contributed by atoms with van der Waals surface area (Å²) in [4.78, 5) is 14.4. The van der Waals surface area contributed by atoms with Crippen molar-refractivity contribution >= 4 is 6.03 Å². The van der Waals surface area contributed by atoms with Gasteiger partial charge in [0.2, 0.25) is 0 Å². The van der Waals surface area contributed by atoms with Gasteiger partial charge in [-0.25, -0.2) is 4.79 Å². The van der Waals surface area contributed by atoms with Crippen molar-refractivity contribution in [2.75, 3.05) is 26.3 Å². The van der Waals surface area contributed by atoms with E-state index in [0.717, 1.165) is 30.8 Å². The molecule has 1 unspecified atom stereocenters. The van der Waals surface area contributed by atoms with Gasteiger partial charge in [-0.3, -0.25) is 0 Å². The van der Waals surface area contributed by atoms with Gasteiger partial charge in [0.25, 0.3) is 0 Å². The van der Waals surface area contributed by atoms with Crippen LogP contribution in [0.5, 0.6) is 0 Å². The third-order valence-corrected chi connectivity index (χ3v) is 6.64. The number of amides is 2. The molecule has 5 aliphatic rings. The SMILES string of the molecule is CC(NC(=O)N1CCOCC1)C12CC3CC(CC(C3)C1)C2. The van der Waals surface area contributed by atoms with Gasteiger partial charge in [0, 0.05) is 19.1 Å². The molecule has 1 atom stereocenters. The van der Waals surface area contributed by atoms with Crippen LogP contribution in [0, 0.1) is 23.2 Å². The van der Waals surface area contributed by atoms with E-state index >= 15 is 0 Å². The lowest BCUT2D eigenvalue weighted by Crippen LogP contribution is -2.58. The molecule has 4 heteroatoms. The molecule has 21 heavy (non-hydrogen) atoms. The zero-order chi connectivity index (χ0) is 14.4. The van der Waals surface area contributed by atoms with Crippen molar-refractivity contribution in [2.24, 2.45) is 23.2 Å². The third kappa shape index (κ3) is 2.45. The van der Waals surface area contributed by atoms with E-state index in [2.05, 4.69) is 12.2 Å². The molecule has 4 nitrogen and oxygen atoms in total. The van der Waals surface area contributed by atoms with E-state index < -0.39 is 0 Å². The van der Waals surface area contributed by atoms with Gasteiger partial charge in [-0.1, -0.05) is 0 Å². The first-order valence-corrected chi connectivity index (χ1v) is 8.78. The summed E-state index contributed by atoms with van der Waals surface area (Å²) >= 11 is 0. The number of nitrogens with zero attached hydrogens (tertiary/aromatic N) is 1. The van der Waals surface area contributed by atoms with Gasteiger partial charge >= 0.3 is 6.03 Å². The van der Waals surface area contributed by atoms with Crippen LogP contribution in [-0.2, 0) is 4.74 Å². The maximum Gasteiger partial charge on any atom is 0.317 e. The Balaban J connectivity index is 1.42. The predicted molar refractivity (Wildman–Crippen MR) is 81.0 cm³/mol. The number of ether oxygens (including phenoxy) is 1. The fourth-order valence-electron chi connectivity index (χ4n) is 5.90. The predicted octanol–water partition coefficient (Wildman–Crippen LogP) is 2.63. The number of carbonyl (C=O) groups is 1. The highest BCUT2D eigenvalue weighted by atomic mass is 16.5. The van der Waals surface area contributed by atoms with Gasteiger partial charge < -0.3 is 15.0 Å². The van der Waals surface area contributed by atoms with Gasteiger partial charge in [-0.15, -0.1) is 0 Å². The molecule has 1 aliphatic heterocycles. The summed E-state index contributed by atoms with van der Waals surface area (Å²) in [5.74, 6) is 2.83. The largest absolute Gasteiger partial charge is 0.378 e. The molecule has 0 aromatic carbocycles. The molecule has 118 valence electrons. The van der Waals surface area contributed by atoms with Crippen molar-refractivity contribution in [1.82, 2.24) is 10.2 Å². The van der Waals surface area contributed by atoms with Crippen LogP contribution >= 0.6 is 0 Å². The number of hydrogen-bond acceptors (Lipinski definition) is 2. The van der Waals surface area contributed by atoms with Gasteiger partial charge in [0.05, 0.1) is 13.2 Å². The van der Waals surface area contributed by atoms with E-state index in [4.69, 9.17) is 4.74 Å². The molecular weight excluding hydrogens is 264 g/mol. The average molecular weight is 292 g/mol. The maximum atomic E-state index is 12.5. The lowest BCUT2D eigenvalue weighted by molar-refractivity contribution is -0.0691. The van der Waals surface area contributed by atoms with Gasteiger partial charge in [0.1, 0.15) is 0 Å². The first-order valence-electron chi connectivity index (χ1n) is 8.78. The Morgan fingerprint density at radius 2 is 1.62 bits per heavy atom. The van der Waals surface area contributed by atoms with E-state index in [1.165, 1.54) is 38.5 Å². The van der Waals surface area contributed by atoms with Crippen molar-refractivity contribution in [1.29, 1.82) is 0 Å². The van der Waals surface area contributed by atoms with Crippen LogP contribution in [0.15, 0.2) is 0 Å². The Morgan fingerprint density at radius 1 is 1.10 bits per heavy atom. The summed E-state index contributed by atoms with van der Waals surface area (Å²) in [5, 5.41) is 3.34. The minimum atomic E-state index is 0.126. The van der Waals surface area contributed by atoms with Crippen molar-refractivity contribution in [3.63, 3.8) is 0 Å². The number of rotatable bonds is 2. The Bertz CT molecular complexity index is 382. The number of nitrogens with one attached hydrogen (secondary N) is 1. The molecule has 4 aliphatic carbocycles. The van der Waals surface area contributed by atoms with Crippen LogP contribution in [0.3, 0.4) is 0 Å². The fraction of sp³-hybridized carbons (Fsp3) is 0.941. The summed E-state index contributed by atoms with van der Waals surface area (Å²) in [7, 11) is 0. The van der Waals surface area contributed by atoms with Crippen LogP contribution in [0.1, 0.15) is 45.4 Å². The number of carbonyl (C=O) groups excluding carboxylic acids is 1. The Hall–Kier alpha value is -0.770. The molecule has 1 saturated heterocycles. The molecule has 2 amide bonds. The molecule has 0 aromatic rings. The molecule has 1 heterocycles. The quantitative estimate of drug-likeness (QED) is 0.850. The molecule has 4 saturated carbocycles.